The van der Waals surface area contributed by atoms with Crippen LogP contribution >= 0.6 is 0 Å². The molecule has 6 unspecified atom stereocenters. The Labute approximate surface area is 186 Å². The number of aliphatic hydroxyl groups excluding tert-OH is 2. The first-order valence-corrected chi connectivity index (χ1v) is 12.0. The molecule has 2 N–H and O–H groups in total. The zero-order valence-corrected chi connectivity index (χ0v) is 19.1. The second kappa shape index (κ2) is 8.71. The van der Waals surface area contributed by atoms with E-state index in [4.69, 9.17) is 4.74 Å². The Morgan fingerprint density at radius 2 is 2.00 bits per heavy atom. The Bertz CT molecular complexity index is 805. The summed E-state index contributed by atoms with van der Waals surface area (Å²) in [6.07, 6.45) is 11.8. The summed E-state index contributed by atoms with van der Waals surface area (Å²) in [5.41, 5.74) is 4.15. The van der Waals surface area contributed by atoms with Gasteiger partial charge in [0.05, 0.1) is 12.2 Å². The van der Waals surface area contributed by atoms with Crippen LogP contribution in [0.5, 0.6) is 0 Å². The smallest absolute Gasteiger partial charge is 0.333 e. The first-order valence-electron chi connectivity index (χ1n) is 12.0. The third kappa shape index (κ3) is 4.34. The van der Waals surface area contributed by atoms with Crippen LogP contribution in [0.2, 0.25) is 0 Å². The molecular weight excluding hydrogens is 388 g/mol. The van der Waals surface area contributed by atoms with E-state index >= 15 is 0 Å². The third-order valence-electron chi connectivity index (χ3n) is 8.66. The summed E-state index contributed by atoms with van der Waals surface area (Å²) in [6.45, 7) is 12.7. The van der Waals surface area contributed by atoms with E-state index < -0.39 is 12.2 Å². The van der Waals surface area contributed by atoms with Gasteiger partial charge < -0.3 is 14.9 Å². The second-order valence-electron chi connectivity index (χ2n) is 10.7. The number of carbonyl (C=O) groups excluding carboxylic acids is 1. The molecule has 4 rings (SSSR count). The number of allylic oxidation sites excluding steroid dienone is 3. The summed E-state index contributed by atoms with van der Waals surface area (Å²) < 4.78 is 5.52. The predicted molar refractivity (Wildman–Crippen MR) is 122 cm³/mol. The summed E-state index contributed by atoms with van der Waals surface area (Å²) in [5.74, 6) is 1.51. The highest BCUT2D eigenvalue weighted by Crippen LogP contribution is 2.60. The average Bonchev–Trinajstić information content (AvgIpc) is 3.22. The van der Waals surface area contributed by atoms with Gasteiger partial charge in [0.25, 0.3) is 0 Å². The fourth-order valence-electron chi connectivity index (χ4n) is 7.02. The van der Waals surface area contributed by atoms with Crippen LogP contribution in [0.15, 0.2) is 47.6 Å². The molecule has 7 atom stereocenters. The maximum absolute atomic E-state index is 11.7. The van der Waals surface area contributed by atoms with Crippen molar-refractivity contribution in [3.05, 3.63) is 47.6 Å². The van der Waals surface area contributed by atoms with Crippen molar-refractivity contribution in [3.8, 4) is 0 Å². The molecule has 0 aromatic heterocycles. The van der Waals surface area contributed by atoms with Crippen LogP contribution in [-0.2, 0) is 9.53 Å². The van der Waals surface area contributed by atoms with Gasteiger partial charge in [0, 0.05) is 18.4 Å². The lowest BCUT2D eigenvalue weighted by Crippen LogP contribution is -2.36. The number of fused-ring (bicyclic) bond motifs is 1. The topological polar surface area (TPSA) is 66.8 Å². The fraction of sp³-hybridized carbons (Fsp3) is 0.667. The molecule has 4 aliphatic rings. The number of hydrogen-bond acceptors (Lipinski definition) is 4. The van der Waals surface area contributed by atoms with E-state index in [0.717, 1.165) is 24.0 Å². The van der Waals surface area contributed by atoms with Crippen LogP contribution in [0.3, 0.4) is 0 Å². The lowest BCUT2D eigenvalue weighted by Gasteiger charge is -2.44. The molecule has 1 heterocycles. The number of hydrogen-bond donors (Lipinski definition) is 2. The Hall–Kier alpha value is -1.65. The van der Waals surface area contributed by atoms with Crippen LogP contribution in [0.1, 0.15) is 71.6 Å². The highest BCUT2D eigenvalue weighted by Gasteiger charge is 2.51. The summed E-state index contributed by atoms with van der Waals surface area (Å²) in [6, 6.07) is 0. The van der Waals surface area contributed by atoms with E-state index in [1.54, 1.807) is 0 Å². The van der Waals surface area contributed by atoms with E-state index in [2.05, 4.69) is 39.2 Å². The molecule has 170 valence electrons. The molecule has 0 spiro atoms. The van der Waals surface area contributed by atoms with Crippen molar-refractivity contribution in [2.45, 2.75) is 89.9 Å². The molecule has 0 bridgehead atoms. The lowest BCUT2D eigenvalue weighted by atomic mass is 9.60. The van der Waals surface area contributed by atoms with Crippen LogP contribution < -0.4 is 0 Å². The number of ether oxygens (including phenoxy) is 1. The SMILES string of the molecule is C=C1CC(CC(C)C2CCC3C(=CC=C4CC(O)CC(O)C4=C)CCC[C@@]32C)OC1=O. The van der Waals surface area contributed by atoms with Crippen LogP contribution in [-0.4, -0.2) is 34.5 Å². The van der Waals surface area contributed by atoms with Crippen LogP contribution in [0, 0.1) is 23.2 Å². The quantitative estimate of drug-likeness (QED) is 0.489. The molecule has 4 fully saturated rings. The molecule has 1 saturated heterocycles. The van der Waals surface area contributed by atoms with Gasteiger partial charge in [-0.2, -0.15) is 0 Å². The molecule has 0 amide bonds. The first-order chi connectivity index (χ1) is 14.7. The number of esters is 1. The van der Waals surface area contributed by atoms with Gasteiger partial charge in [0.15, 0.2) is 0 Å². The van der Waals surface area contributed by atoms with Gasteiger partial charge in [0.2, 0.25) is 0 Å². The largest absolute Gasteiger partial charge is 0.459 e. The minimum Gasteiger partial charge on any atom is -0.459 e. The summed E-state index contributed by atoms with van der Waals surface area (Å²) in [4.78, 5) is 11.7. The highest BCUT2D eigenvalue weighted by molar-refractivity contribution is 5.89. The van der Waals surface area contributed by atoms with Gasteiger partial charge in [-0.25, -0.2) is 4.79 Å². The molecule has 4 heteroatoms. The van der Waals surface area contributed by atoms with E-state index in [1.807, 2.05) is 0 Å². The van der Waals surface area contributed by atoms with Crippen molar-refractivity contribution in [3.63, 3.8) is 0 Å². The zero-order valence-electron chi connectivity index (χ0n) is 19.1. The Balaban J connectivity index is 1.48. The van der Waals surface area contributed by atoms with Gasteiger partial charge in [-0.05, 0) is 79.3 Å². The number of carbonyl (C=O) groups is 1. The van der Waals surface area contributed by atoms with Gasteiger partial charge in [-0.15, -0.1) is 0 Å². The molecule has 0 aromatic carbocycles. The number of rotatable bonds is 4. The molecular formula is C27H38O4. The van der Waals surface area contributed by atoms with E-state index in [-0.39, 0.29) is 17.5 Å². The number of aliphatic hydroxyl groups is 2. The van der Waals surface area contributed by atoms with Crippen molar-refractivity contribution in [1.82, 2.24) is 0 Å². The molecule has 0 radical (unpaired) electrons. The maximum Gasteiger partial charge on any atom is 0.333 e. The molecule has 3 saturated carbocycles. The third-order valence-corrected chi connectivity index (χ3v) is 8.66. The van der Waals surface area contributed by atoms with E-state index in [9.17, 15) is 15.0 Å². The van der Waals surface area contributed by atoms with Crippen molar-refractivity contribution in [2.75, 3.05) is 0 Å². The van der Waals surface area contributed by atoms with Gasteiger partial charge in [0.1, 0.15) is 6.10 Å². The molecule has 0 aromatic rings. The summed E-state index contributed by atoms with van der Waals surface area (Å²) in [5, 5.41) is 20.2. The Morgan fingerprint density at radius 3 is 2.71 bits per heavy atom. The first kappa shape index (κ1) is 22.5. The van der Waals surface area contributed by atoms with Crippen LogP contribution in [0.4, 0.5) is 0 Å². The maximum atomic E-state index is 11.7. The van der Waals surface area contributed by atoms with E-state index in [0.29, 0.717) is 42.6 Å². The minimum absolute atomic E-state index is 0.00356. The Morgan fingerprint density at radius 1 is 1.23 bits per heavy atom. The number of cyclic esters (lactones) is 1. The van der Waals surface area contributed by atoms with Crippen molar-refractivity contribution in [1.29, 1.82) is 0 Å². The summed E-state index contributed by atoms with van der Waals surface area (Å²) in [7, 11) is 0. The van der Waals surface area contributed by atoms with Gasteiger partial charge >= 0.3 is 5.97 Å². The molecule has 31 heavy (non-hydrogen) atoms. The fourth-order valence-corrected chi connectivity index (χ4v) is 7.02. The second-order valence-corrected chi connectivity index (χ2v) is 10.7. The standard InChI is InChI=1S/C27H38O4/c1-16(12-22-13-17(2)26(30)31-22)23-9-10-24-19(6-5-11-27(23,24)4)7-8-20-14-21(28)15-25(29)18(20)3/h7-8,16,21-25,28-29H,2-3,5-6,9-15H2,1,4H3/t16?,21?,22?,23?,24?,25?,27-/m1/s1. The van der Waals surface area contributed by atoms with Gasteiger partial charge in [-0.1, -0.05) is 44.7 Å². The molecule has 3 aliphatic carbocycles. The highest BCUT2D eigenvalue weighted by atomic mass is 16.5. The predicted octanol–water partition coefficient (Wildman–Crippen LogP) is 5.03. The average molecular weight is 427 g/mol. The van der Waals surface area contributed by atoms with Crippen molar-refractivity contribution in [2.24, 2.45) is 23.2 Å². The van der Waals surface area contributed by atoms with Crippen molar-refractivity contribution >= 4 is 5.97 Å². The zero-order chi connectivity index (χ0) is 22.3. The normalized spacial score (nSPS) is 42.2. The molecule has 4 nitrogen and oxygen atoms in total. The lowest BCUT2D eigenvalue weighted by molar-refractivity contribution is -0.139. The van der Waals surface area contributed by atoms with Gasteiger partial charge in [-0.3, -0.25) is 0 Å². The van der Waals surface area contributed by atoms with E-state index in [1.165, 1.54) is 31.3 Å². The van der Waals surface area contributed by atoms with Crippen LogP contribution in [0.25, 0.3) is 0 Å². The summed E-state index contributed by atoms with van der Waals surface area (Å²) >= 11 is 0. The minimum atomic E-state index is -0.637. The Kier molecular flexibility index (Phi) is 6.33. The monoisotopic (exact) mass is 426 g/mol. The van der Waals surface area contributed by atoms with Crippen molar-refractivity contribution < 1.29 is 19.7 Å². The molecule has 1 aliphatic heterocycles.